The van der Waals surface area contributed by atoms with Gasteiger partial charge in [0.25, 0.3) is 0 Å². The van der Waals surface area contributed by atoms with Crippen molar-refractivity contribution in [1.82, 2.24) is 0 Å². The van der Waals surface area contributed by atoms with Crippen molar-refractivity contribution in [3.63, 3.8) is 0 Å². The van der Waals surface area contributed by atoms with Gasteiger partial charge in [0, 0.05) is 6.42 Å². The first kappa shape index (κ1) is 13.9. The maximum Gasteiger partial charge on any atom is 0.143 e. The minimum atomic E-state index is 0.294. The molecule has 0 saturated carbocycles. The molecule has 0 amide bonds. The van der Waals surface area contributed by atoms with Gasteiger partial charge < -0.3 is 0 Å². The van der Waals surface area contributed by atoms with Crippen LogP contribution in [0.2, 0.25) is 0 Å². The molecule has 0 aromatic carbocycles. The zero-order valence-electron chi connectivity index (χ0n) is 9.31. The number of unbranched alkanes of at least 4 members (excludes halogenated alkanes) is 2. The van der Waals surface area contributed by atoms with Gasteiger partial charge in [0.05, 0.1) is 5.33 Å². The predicted molar refractivity (Wildman–Crippen MR) is 65.9 cm³/mol. The Kier molecular flexibility index (Phi) is 9.37. The quantitative estimate of drug-likeness (QED) is 0.362. The van der Waals surface area contributed by atoms with E-state index in [4.69, 9.17) is 0 Å². The van der Waals surface area contributed by atoms with Crippen molar-refractivity contribution in [2.75, 3.05) is 5.33 Å². The number of carbonyl (C=O) groups is 1. The van der Waals surface area contributed by atoms with Crippen molar-refractivity contribution in [3.8, 4) is 0 Å². The maximum atomic E-state index is 11.0. The molecule has 0 aromatic heterocycles. The summed E-state index contributed by atoms with van der Waals surface area (Å²) >= 11 is 3.16. The molecule has 0 spiro atoms. The first-order chi connectivity index (χ1) is 6.70. The van der Waals surface area contributed by atoms with Gasteiger partial charge in [-0.15, -0.1) is 0 Å². The monoisotopic (exact) mass is 260 g/mol. The number of Topliss-reactive ketones (excluding diaryl/α,β-unsaturated/α-hetero) is 1. The topological polar surface area (TPSA) is 17.1 Å². The van der Waals surface area contributed by atoms with Crippen molar-refractivity contribution < 1.29 is 4.79 Å². The summed E-state index contributed by atoms with van der Waals surface area (Å²) in [4.78, 5) is 11.0. The highest BCUT2D eigenvalue weighted by atomic mass is 79.9. The fourth-order valence-corrected chi connectivity index (χ4v) is 1.58. The van der Waals surface area contributed by atoms with Crippen molar-refractivity contribution in [2.45, 2.75) is 52.4 Å². The molecule has 0 aliphatic rings. The average Bonchev–Trinajstić information content (AvgIpc) is 2.18. The minimum absolute atomic E-state index is 0.294. The van der Waals surface area contributed by atoms with E-state index in [1.54, 1.807) is 0 Å². The van der Waals surface area contributed by atoms with Crippen LogP contribution in [0.3, 0.4) is 0 Å². The van der Waals surface area contributed by atoms with Gasteiger partial charge in [-0.25, -0.2) is 0 Å². The summed E-state index contributed by atoms with van der Waals surface area (Å²) in [5.41, 5.74) is 1.43. The Morgan fingerprint density at radius 1 is 1.29 bits per heavy atom. The number of halogens is 1. The molecule has 0 heterocycles. The van der Waals surface area contributed by atoms with E-state index < -0.39 is 0 Å². The highest BCUT2D eigenvalue weighted by Gasteiger charge is 1.96. The molecule has 0 saturated heterocycles. The zero-order valence-corrected chi connectivity index (χ0v) is 10.9. The second-order valence-electron chi connectivity index (χ2n) is 3.72. The first-order valence-electron chi connectivity index (χ1n) is 5.44. The van der Waals surface area contributed by atoms with E-state index in [2.05, 4.69) is 35.9 Å². The van der Waals surface area contributed by atoms with Crippen molar-refractivity contribution in [3.05, 3.63) is 11.6 Å². The molecule has 0 aliphatic carbocycles. The lowest BCUT2D eigenvalue weighted by atomic mass is 10.1. The van der Waals surface area contributed by atoms with Gasteiger partial charge in [-0.3, -0.25) is 4.79 Å². The summed E-state index contributed by atoms with van der Waals surface area (Å²) in [6.07, 6.45) is 8.84. The molecule has 0 bridgehead atoms. The summed E-state index contributed by atoms with van der Waals surface area (Å²) in [6, 6.07) is 0. The normalized spacial score (nSPS) is 11.8. The van der Waals surface area contributed by atoms with Gasteiger partial charge in [0.1, 0.15) is 5.78 Å². The van der Waals surface area contributed by atoms with Gasteiger partial charge in [-0.1, -0.05) is 47.3 Å². The Balaban J connectivity index is 3.50. The summed E-state index contributed by atoms with van der Waals surface area (Å²) in [5.74, 6) is 0.294. The van der Waals surface area contributed by atoms with Crippen LogP contribution >= 0.6 is 15.9 Å². The van der Waals surface area contributed by atoms with Crippen LogP contribution in [0.5, 0.6) is 0 Å². The second-order valence-corrected chi connectivity index (χ2v) is 4.28. The summed E-state index contributed by atoms with van der Waals surface area (Å²) in [7, 11) is 0. The minimum Gasteiger partial charge on any atom is -0.299 e. The maximum absolute atomic E-state index is 11.0. The number of alkyl halides is 1. The van der Waals surface area contributed by atoms with E-state index in [9.17, 15) is 4.79 Å². The fraction of sp³-hybridized carbons (Fsp3) is 0.750. The fourth-order valence-electron chi connectivity index (χ4n) is 1.30. The van der Waals surface area contributed by atoms with E-state index in [-0.39, 0.29) is 0 Å². The average molecular weight is 261 g/mol. The van der Waals surface area contributed by atoms with E-state index in [0.717, 1.165) is 6.42 Å². The first-order valence-corrected chi connectivity index (χ1v) is 6.56. The van der Waals surface area contributed by atoms with Crippen molar-refractivity contribution >= 4 is 21.7 Å². The highest BCUT2D eigenvalue weighted by Crippen LogP contribution is 2.09. The number of rotatable bonds is 8. The molecule has 0 unspecified atom stereocenters. The van der Waals surface area contributed by atoms with Gasteiger partial charge in [0.2, 0.25) is 0 Å². The summed E-state index contributed by atoms with van der Waals surface area (Å²) in [5, 5.41) is 0.496. The molecular weight excluding hydrogens is 240 g/mol. The van der Waals surface area contributed by atoms with E-state index in [1.807, 2.05) is 0 Å². The third-order valence-corrected chi connectivity index (χ3v) is 2.87. The van der Waals surface area contributed by atoms with Crippen molar-refractivity contribution in [2.24, 2.45) is 0 Å². The van der Waals surface area contributed by atoms with E-state index in [0.29, 0.717) is 17.5 Å². The Morgan fingerprint density at radius 2 is 2.00 bits per heavy atom. The van der Waals surface area contributed by atoms with Gasteiger partial charge in [-0.2, -0.15) is 0 Å². The SMILES string of the molecule is CCCCC/C(C)=C/CCC(=O)CBr. The standard InChI is InChI=1S/C12H21BrO/c1-3-4-5-7-11(2)8-6-9-12(14)10-13/h8H,3-7,9-10H2,1-2H3/b11-8+. The molecule has 0 aliphatic heterocycles. The lowest BCUT2D eigenvalue weighted by molar-refractivity contribution is -0.116. The molecule has 0 aromatic rings. The third-order valence-electron chi connectivity index (χ3n) is 2.24. The molecule has 82 valence electrons. The molecule has 0 atom stereocenters. The molecule has 14 heavy (non-hydrogen) atoms. The summed E-state index contributed by atoms with van der Waals surface area (Å²) in [6.45, 7) is 4.38. The molecule has 2 heteroatoms. The molecule has 0 radical (unpaired) electrons. The zero-order chi connectivity index (χ0) is 10.8. The van der Waals surface area contributed by atoms with Crippen LogP contribution in [0.25, 0.3) is 0 Å². The smallest absolute Gasteiger partial charge is 0.143 e. The number of ketones is 1. The van der Waals surface area contributed by atoms with Crippen LogP contribution in [-0.2, 0) is 4.79 Å². The van der Waals surface area contributed by atoms with Gasteiger partial charge >= 0.3 is 0 Å². The molecule has 0 rings (SSSR count). The highest BCUT2D eigenvalue weighted by molar-refractivity contribution is 9.09. The van der Waals surface area contributed by atoms with E-state index >= 15 is 0 Å². The van der Waals surface area contributed by atoms with Crippen LogP contribution in [-0.4, -0.2) is 11.1 Å². The largest absolute Gasteiger partial charge is 0.299 e. The molecule has 0 fully saturated rings. The molecule has 1 nitrogen and oxygen atoms in total. The van der Waals surface area contributed by atoms with Gasteiger partial charge in [0.15, 0.2) is 0 Å². The molecule has 0 N–H and O–H groups in total. The number of carbonyl (C=O) groups excluding carboxylic acids is 1. The molecular formula is C12H21BrO. The third kappa shape index (κ3) is 8.49. The van der Waals surface area contributed by atoms with E-state index in [1.165, 1.54) is 31.3 Å². The van der Waals surface area contributed by atoms with Crippen LogP contribution in [0, 0.1) is 0 Å². The predicted octanol–water partition coefficient (Wildman–Crippen LogP) is 4.26. The Morgan fingerprint density at radius 3 is 2.57 bits per heavy atom. The Hall–Kier alpha value is -0.110. The number of hydrogen-bond donors (Lipinski definition) is 0. The lowest BCUT2D eigenvalue weighted by Crippen LogP contribution is -1.96. The Labute approximate surface area is 96.1 Å². The van der Waals surface area contributed by atoms with Crippen molar-refractivity contribution in [1.29, 1.82) is 0 Å². The van der Waals surface area contributed by atoms with Crippen LogP contribution < -0.4 is 0 Å². The number of hydrogen-bond acceptors (Lipinski definition) is 1. The Bertz CT molecular complexity index is 185. The second kappa shape index (κ2) is 9.45. The lowest BCUT2D eigenvalue weighted by Gasteiger charge is -2.00. The van der Waals surface area contributed by atoms with Crippen LogP contribution in [0.4, 0.5) is 0 Å². The van der Waals surface area contributed by atoms with Crippen LogP contribution in [0.1, 0.15) is 52.4 Å². The van der Waals surface area contributed by atoms with Crippen LogP contribution in [0.15, 0.2) is 11.6 Å². The summed E-state index contributed by atoms with van der Waals surface area (Å²) < 4.78 is 0. The number of allylic oxidation sites excluding steroid dienone is 2. The van der Waals surface area contributed by atoms with Gasteiger partial charge in [-0.05, 0) is 26.2 Å².